The van der Waals surface area contributed by atoms with E-state index in [1.54, 1.807) is 29.9 Å². The molecule has 3 rings (SSSR count). The number of fused-ring (bicyclic) bond motifs is 1. The highest BCUT2D eigenvalue weighted by molar-refractivity contribution is 7.93. The summed E-state index contributed by atoms with van der Waals surface area (Å²) in [5.41, 5.74) is 3.11. The van der Waals surface area contributed by atoms with E-state index in [-0.39, 0.29) is 0 Å². The second-order valence-electron chi connectivity index (χ2n) is 6.10. The molecule has 1 aliphatic heterocycles. The zero-order valence-corrected chi connectivity index (χ0v) is 14.2. The number of hydrogen-bond donors (Lipinski definition) is 0. The van der Waals surface area contributed by atoms with E-state index in [1.807, 2.05) is 24.3 Å². The Bertz CT molecular complexity index is 824. The molecule has 0 spiro atoms. The summed E-state index contributed by atoms with van der Waals surface area (Å²) in [4.78, 5) is 0.332. The maximum absolute atomic E-state index is 13.2. The molecule has 2 aromatic rings. The van der Waals surface area contributed by atoms with Crippen molar-refractivity contribution < 1.29 is 8.42 Å². The first-order valence-corrected chi connectivity index (χ1v) is 8.87. The lowest BCUT2D eigenvalue weighted by Gasteiger charge is -2.33. The van der Waals surface area contributed by atoms with Crippen molar-refractivity contribution in [2.45, 2.75) is 32.1 Å². The minimum Gasteiger partial charge on any atom is -0.271 e. The van der Waals surface area contributed by atoms with E-state index < -0.39 is 10.0 Å². The average Bonchev–Trinajstić information content (AvgIpc) is 2.71. The van der Waals surface area contributed by atoms with Crippen LogP contribution in [0.3, 0.4) is 0 Å². The number of hydrogen-bond acceptors (Lipinski definition) is 3. The number of rotatable bonds is 2. The number of anilines is 1. The Morgan fingerprint density at radius 2 is 1.91 bits per heavy atom. The van der Waals surface area contributed by atoms with Crippen LogP contribution in [0.2, 0.25) is 0 Å². The van der Waals surface area contributed by atoms with E-state index in [2.05, 4.69) is 12.0 Å². The highest BCUT2D eigenvalue weighted by atomic mass is 32.2. The predicted molar refractivity (Wildman–Crippen MR) is 86.5 cm³/mol. The van der Waals surface area contributed by atoms with Crippen LogP contribution in [-0.2, 0) is 23.5 Å². The Balaban J connectivity index is 2.18. The highest BCUT2D eigenvalue weighted by Crippen LogP contribution is 2.35. The second-order valence-corrected chi connectivity index (χ2v) is 7.90. The van der Waals surface area contributed by atoms with Gasteiger partial charge in [-0.15, -0.1) is 0 Å². The Labute approximate surface area is 131 Å². The van der Waals surface area contributed by atoms with Gasteiger partial charge in [-0.05, 0) is 37.8 Å². The van der Waals surface area contributed by atoms with Crippen molar-refractivity contribution in [1.29, 1.82) is 0 Å². The van der Waals surface area contributed by atoms with Gasteiger partial charge in [0, 0.05) is 13.6 Å². The summed E-state index contributed by atoms with van der Waals surface area (Å²) in [6.07, 6.45) is 0.910. The standard InChI is InChI=1S/C16H21N3O2S/c1-11-9-14-7-5-6-8-15(14)19(10-11)22(20,21)16-12(2)17-18(4)13(16)3/h5-8,11H,9-10H2,1-4H3. The molecule has 1 aromatic heterocycles. The molecule has 0 N–H and O–H groups in total. The molecule has 2 heterocycles. The van der Waals surface area contributed by atoms with Crippen LogP contribution < -0.4 is 4.31 Å². The van der Waals surface area contributed by atoms with Crippen LogP contribution in [0.4, 0.5) is 5.69 Å². The fourth-order valence-corrected chi connectivity index (χ4v) is 5.24. The lowest BCUT2D eigenvalue weighted by Crippen LogP contribution is -2.39. The fraction of sp³-hybridized carbons (Fsp3) is 0.438. The number of aryl methyl sites for hydroxylation is 2. The van der Waals surface area contributed by atoms with Gasteiger partial charge in [0.15, 0.2) is 0 Å². The molecule has 0 radical (unpaired) electrons. The van der Waals surface area contributed by atoms with E-state index in [9.17, 15) is 8.42 Å². The SMILES string of the molecule is Cc1nn(C)c(C)c1S(=O)(=O)N1CC(C)Cc2ccccc21. The Morgan fingerprint density at radius 3 is 2.55 bits per heavy atom. The number of para-hydroxylation sites is 1. The molecule has 1 atom stereocenters. The summed E-state index contributed by atoms with van der Waals surface area (Å²) in [5, 5.41) is 4.26. The van der Waals surface area contributed by atoms with Gasteiger partial charge in [-0.3, -0.25) is 8.99 Å². The number of sulfonamides is 1. The van der Waals surface area contributed by atoms with Gasteiger partial charge in [0.1, 0.15) is 4.90 Å². The summed E-state index contributed by atoms with van der Waals surface area (Å²) in [7, 11) is -1.83. The monoisotopic (exact) mass is 319 g/mol. The third-order valence-electron chi connectivity index (χ3n) is 4.30. The molecule has 1 unspecified atom stereocenters. The minimum atomic E-state index is -3.60. The fourth-order valence-electron chi connectivity index (χ4n) is 3.21. The van der Waals surface area contributed by atoms with Crippen molar-refractivity contribution in [3.63, 3.8) is 0 Å². The molecule has 0 bridgehead atoms. The molecule has 1 aromatic carbocycles. The maximum Gasteiger partial charge on any atom is 0.268 e. The van der Waals surface area contributed by atoms with Gasteiger partial charge in [-0.1, -0.05) is 25.1 Å². The van der Waals surface area contributed by atoms with Gasteiger partial charge < -0.3 is 0 Å². The Kier molecular flexibility index (Phi) is 3.51. The summed E-state index contributed by atoms with van der Waals surface area (Å²) in [6.45, 7) is 6.14. The predicted octanol–water partition coefficient (Wildman–Crippen LogP) is 2.42. The summed E-state index contributed by atoms with van der Waals surface area (Å²) >= 11 is 0. The van der Waals surface area contributed by atoms with Crippen LogP contribution in [0.25, 0.3) is 0 Å². The van der Waals surface area contributed by atoms with E-state index in [0.717, 1.165) is 17.7 Å². The molecule has 6 heteroatoms. The van der Waals surface area contributed by atoms with Gasteiger partial charge in [0.05, 0.1) is 17.1 Å². The third-order valence-corrected chi connectivity index (χ3v) is 6.33. The van der Waals surface area contributed by atoms with Crippen LogP contribution in [0.15, 0.2) is 29.2 Å². The first-order chi connectivity index (χ1) is 10.3. The average molecular weight is 319 g/mol. The Morgan fingerprint density at radius 1 is 1.23 bits per heavy atom. The van der Waals surface area contributed by atoms with Crippen molar-refractivity contribution in [3.8, 4) is 0 Å². The normalized spacial score (nSPS) is 18.4. The van der Waals surface area contributed by atoms with Gasteiger partial charge in [-0.2, -0.15) is 5.10 Å². The third kappa shape index (κ3) is 2.22. The molecule has 0 saturated carbocycles. The molecular formula is C16H21N3O2S. The number of nitrogens with zero attached hydrogens (tertiary/aromatic N) is 3. The van der Waals surface area contributed by atoms with Gasteiger partial charge in [0.2, 0.25) is 0 Å². The molecule has 0 aliphatic carbocycles. The largest absolute Gasteiger partial charge is 0.271 e. The quantitative estimate of drug-likeness (QED) is 0.854. The Hall–Kier alpha value is -1.82. The van der Waals surface area contributed by atoms with Crippen LogP contribution in [-0.4, -0.2) is 24.7 Å². The van der Waals surface area contributed by atoms with Crippen molar-refractivity contribution >= 4 is 15.7 Å². The minimum absolute atomic E-state index is 0.293. The zero-order valence-electron chi connectivity index (χ0n) is 13.4. The highest BCUT2D eigenvalue weighted by Gasteiger charge is 2.35. The summed E-state index contributed by atoms with van der Waals surface area (Å²) < 4.78 is 29.6. The van der Waals surface area contributed by atoms with Crippen molar-refractivity contribution in [3.05, 3.63) is 41.2 Å². The molecular weight excluding hydrogens is 298 g/mol. The van der Waals surface area contributed by atoms with Crippen LogP contribution in [0.5, 0.6) is 0 Å². The lowest BCUT2D eigenvalue weighted by molar-refractivity contribution is 0.544. The van der Waals surface area contributed by atoms with Crippen molar-refractivity contribution in [2.75, 3.05) is 10.8 Å². The molecule has 22 heavy (non-hydrogen) atoms. The molecule has 1 aliphatic rings. The van der Waals surface area contributed by atoms with E-state index in [1.165, 1.54) is 0 Å². The second kappa shape index (κ2) is 5.12. The van der Waals surface area contributed by atoms with Crippen LogP contribution in [0, 0.1) is 19.8 Å². The molecule has 0 saturated heterocycles. The zero-order chi connectivity index (χ0) is 16.1. The van der Waals surface area contributed by atoms with Crippen molar-refractivity contribution in [2.24, 2.45) is 13.0 Å². The van der Waals surface area contributed by atoms with Gasteiger partial charge in [0.25, 0.3) is 10.0 Å². The summed E-state index contributed by atoms with van der Waals surface area (Å²) in [5.74, 6) is 0.293. The molecule has 0 fully saturated rings. The van der Waals surface area contributed by atoms with Crippen LogP contribution in [0.1, 0.15) is 23.9 Å². The molecule has 118 valence electrons. The van der Waals surface area contributed by atoms with E-state index >= 15 is 0 Å². The topological polar surface area (TPSA) is 55.2 Å². The smallest absolute Gasteiger partial charge is 0.268 e. The van der Waals surface area contributed by atoms with Gasteiger partial charge >= 0.3 is 0 Å². The molecule has 5 nitrogen and oxygen atoms in total. The number of aromatic nitrogens is 2. The maximum atomic E-state index is 13.2. The molecule has 0 amide bonds. The lowest BCUT2D eigenvalue weighted by atomic mass is 9.96. The number of benzene rings is 1. The summed E-state index contributed by atoms with van der Waals surface area (Å²) in [6, 6.07) is 7.75. The first-order valence-electron chi connectivity index (χ1n) is 7.43. The van der Waals surface area contributed by atoms with Crippen molar-refractivity contribution in [1.82, 2.24) is 9.78 Å². The van der Waals surface area contributed by atoms with E-state index in [0.29, 0.717) is 28.7 Å². The van der Waals surface area contributed by atoms with Gasteiger partial charge in [-0.25, -0.2) is 8.42 Å². The van der Waals surface area contributed by atoms with Crippen LogP contribution >= 0.6 is 0 Å². The first kappa shape index (κ1) is 15.1. The van der Waals surface area contributed by atoms with E-state index in [4.69, 9.17) is 0 Å².